The first-order valence-corrected chi connectivity index (χ1v) is 7.74. The standard InChI is InChI=1S/C18H23N3/c1-3-21(18-8-9-18)20-14(2)15-4-6-16(7-5-15)17-10-12-19-13-11-17/h3-7,10,18-19H,1,8-9,11-13H2,2H3/b20-14+. The summed E-state index contributed by atoms with van der Waals surface area (Å²) >= 11 is 0. The van der Waals surface area contributed by atoms with Crippen LogP contribution < -0.4 is 5.32 Å². The molecule has 1 N–H and O–H groups in total. The van der Waals surface area contributed by atoms with Crippen LogP contribution in [0.5, 0.6) is 0 Å². The van der Waals surface area contributed by atoms with Crippen molar-refractivity contribution in [3.05, 3.63) is 54.2 Å². The van der Waals surface area contributed by atoms with E-state index in [1.165, 1.54) is 29.5 Å². The Morgan fingerprint density at radius 2 is 2.10 bits per heavy atom. The van der Waals surface area contributed by atoms with E-state index in [0.717, 1.165) is 25.2 Å². The lowest BCUT2D eigenvalue weighted by Crippen LogP contribution is -2.20. The highest BCUT2D eigenvalue weighted by Crippen LogP contribution is 2.27. The topological polar surface area (TPSA) is 27.6 Å². The Bertz CT molecular complexity index is 565. The maximum absolute atomic E-state index is 4.68. The predicted molar refractivity (Wildman–Crippen MR) is 89.2 cm³/mol. The first kappa shape index (κ1) is 14.1. The number of nitrogens with zero attached hydrogens (tertiary/aromatic N) is 2. The second-order valence-corrected chi connectivity index (χ2v) is 5.74. The first-order valence-electron chi connectivity index (χ1n) is 7.74. The molecular formula is C18H23N3. The van der Waals surface area contributed by atoms with Gasteiger partial charge in [-0.25, -0.2) is 0 Å². The van der Waals surface area contributed by atoms with E-state index in [-0.39, 0.29) is 0 Å². The molecule has 0 saturated heterocycles. The second-order valence-electron chi connectivity index (χ2n) is 5.74. The van der Waals surface area contributed by atoms with Gasteiger partial charge in [0.05, 0.1) is 11.8 Å². The lowest BCUT2D eigenvalue weighted by molar-refractivity contribution is 0.390. The van der Waals surface area contributed by atoms with Gasteiger partial charge >= 0.3 is 0 Å². The summed E-state index contributed by atoms with van der Waals surface area (Å²) in [6.07, 6.45) is 7.67. The van der Waals surface area contributed by atoms with Crippen LogP contribution >= 0.6 is 0 Å². The minimum Gasteiger partial charge on any atom is -0.313 e. The zero-order valence-corrected chi connectivity index (χ0v) is 12.7. The van der Waals surface area contributed by atoms with Gasteiger partial charge in [0, 0.05) is 12.7 Å². The molecule has 0 unspecified atom stereocenters. The van der Waals surface area contributed by atoms with E-state index in [2.05, 4.69) is 54.3 Å². The fraction of sp³-hybridized carbons (Fsp3) is 0.389. The summed E-state index contributed by atoms with van der Waals surface area (Å²) < 4.78 is 0. The van der Waals surface area contributed by atoms with E-state index < -0.39 is 0 Å². The van der Waals surface area contributed by atoms with Crippen LogP contribution in [0, 0.1) is 0 Å². The van der Waals surface area contributed by atoms with Crippen molar-refractivity contribution in [2.24, 2.45) is 5.10 Å². The summed E-state index contributed by atoms with van der Waals surface area (Å²) in [5.41, 5.74) is 5.00. The molecule has 1 heterocycles. The predicted octanol–water partition coefficient (Wildman–Crippen LogP) is 3.40. The van der Waals surface area contributed by atoms with Crippen LogP contribution in [0.25, 0.3) is 5.57 Å². The molecule has 21 heavy (non-hydrogen) atoms. The quantitative estimate of drug-likeness (QED) is 0.662. The van der Waals surface area contributed by atoms with Gasteiger partial charge in [-0.3, -0.25) is 5.01 Å². The van der Waals surface area contributed by atoms with E-state index in [0.29, 0.717) is 6.04 Å². The van der Waals surface area contributed by atoms with Crippen molar-refractivity contribution in [2.75, 3.05) is 13.1 Å². The molecule has 1 saturated carbocycles. The number of benzene rings is 1. The molecule has 0 aromatic heterocycles. The SMILES string of the molecule is C=CN(/N=C(\C)c1ccc(C2=CCNCC2)cc1)C1CC1. The van der Waals surface area contributed by atoms with Crippen LogP contribution in [0.4, 0.5) is 0 Å². The Labute approximate surface area is 127 Å². The van der Waals surface area contributed by atoms with Crippen LogP contribution in [0.2, 0.25) is 0 Å². The Hall–Kier alpha value is -1.87. The third-order valence-corrected chi connectivity index (χ3v) is 4.11. The lowest BCUT2D eigenvalue weighted by Gasteiger charge is -2.16. The van der Waals surface area contributed by atoms with Gasteiger partial charge in [-0.2, -0.15) is 5.10 Å². The zero-order valence-electron chi connectivity index (χ0n) is 12.7. The number of rotatable bonds is 5. The Morgan fingerprint density at radius 3 is 2.67 bits per heavy atom. The van der Waals surface area contributed by atoms with Gasteiger partial charge in [0.15, 0.2) is 0 Å². The molecule has 3 nitrogen and oxygen atoms in total. The highest BCUT2D eigenvalue weighted by atomic mass is 15.5. The molecule has 0 radical (unpaired) electrons. The molecule has 0 amide bonds. The van der Waals surface area contributed by atoms with Crippen LogP contribution in [0.1, 0.15) is 37.3 Å². The maximum Gasteiger partial charge on any atom is 0.0650 e. The molecule has 110 valence electrons. The summed E-state index contributed by atoms with van der Waals surface area (Å²) in [5, 5.41) is 10.0. The van der Waals surface area contributed by atoms with E-state index in [1.54, 1.807) is 0 Å². The molecule has 2 aliphatic rings. The molecule has 3 heteroatoms. The summed E-state index contributed by atoms with van der Waals surface area (Å²) in [4.78, 5) is 0. The van der Waals surface area contributed by atoms with Gasteiger partial charge in [0.25, 0.3) is 0 Å². The van der Waals surface area contributed by atoms with Gasteiger partial charge < -0.3 is 5.32 Å². The van der Waals surface area contributed by atoms with E-state index in [1.807, 2.05) is 11.2 Å². The number of hydrazone groups is 1. The van der Waals surface area contributed by atoms with Gasteiger partial charge in [-0.05, 0) is 49.4 Å². The van der Waals surface area contributed by atoms with Crippen LogP contribution in [0.15, 0.2) is 48.2 Å². The number of nitrogens with one attached hydrogen (secondary N) is 1. The van der Waals surface area contributed by atoms with Crippen molar-refractivity contribution in [3.63, 3.8) is 0 Å². The average Bonchev–Trinajstić information content (AvgIpc) is 3.38. The Balaban J connectivity index is 1.75. The third-order valence-electron chi connectivity index (χ3n) is 4.11. The second kappa shape index (κ2) is 6.27. The molecule has 1 aliphatic heterocycles. The summed E-state index contributed by atoms with van der Waals surface area (Å²) in [5.74, 6) is 0. The van der Waals surface area contributed by atoms with Crippen molar-refractivity contribution >= 4 is 11.3 Å². The Morgan fingerprint density at radius 1 is 1.33 bits per heavy atom. The van der Waals surface area contributed by atoms with Crippen LogP contribution in [0.3, 0.4) is 0 Å². The Kier molecular flexibility index (Phi) is 4.20. The normalized spacial score (nSPS) is 19.1. The lowest BCUT2D eigenvalue weighted by atomic mass is 9.98. The fourth-order valence-corrected chi connectivity index (χ4v) is 2.65. The monoisotopic (exact) mass is 281 g/mol. The molecule has 0 spiro atoms. The molecule has 1 aromatic rings. The van der Waals surface area contributed by atoms with E-state index in [4.69, 9.17) is 0 Å². The third kappa shape index (κ3) is 3.42. The first-order chi connectivity index (χ1) is 10.3. The van der Waals surface area contributed by atoms with Gasteiger partial charge in [-0.1, -0.05) is 36.9 Å². The van der Waals surface area contributed by atoms with Gasteiger partial charge in [0.2, 0.25) is 0 Å². The molecule has 1 aliphatic carbocycles. The molecule has 0 atom stereocenters. The number of hydrogen-bond acceptors (Lipinski definition) is 3. The van der Waals surface area contributed by atoms with E-state index >= 15 is 0 Å². The fourth-order valence-electron chi connectivity index (χ4n) is 2.65. The average molecular weight is 281 g/mol. The molecule has 1 aromatic carbocycles. The largest absolute Gasteiger partial charge is 0.313 e. The van der Waals surface area contributed by atoms with Crippen LogP contribution in [-0.4, -0.2) is 29.9 Å². The minimum absolute atomic E-state index is 0.566. The van der Waals surface area contributed by atoms with Crippen molar-refractivity contribution in [1.29, 1.82) is 0 Å². The smallest absolute Gasteiger partial charge is 0.0650 e. The van der Waals surface area contributed by atoms with Crippen molar-refractivity contribution in [1.82, 2.24) is 10.3 Å². The summed E-state index contributed by atoms with van der Waals surface area (Å²) in [6, 6.07) is 9.33. The van der Waals surface area contributed by atoms with E-state index in [9.17, 15) is 0 Å². The molecule has 3 rings (SSSR count). The maximum atomic E-state index is 4.68. The van der Waals surface area contributed by atoms with Gasteiger partial charge in [0.1, 0.15) is 0 Å². The highest BCUT2D eigenvalue weighted by molar-refractivity contribution is 5.98. The number of hydrogen-bond donors (Lipinski definition) is 1. The van der Waals surface area contributed by atoms with Crippen molar-refractivity contribution in [2.45, 2.75) is 32.2 Å². The minimum atomic E-state index is 0.566. The zero-order chi connectivity index (χ0) is 14.7. The van der Waals surface area contributed by atoms with Crippen LogP contribution in [-0.2, 0) is 0 Å². The molecule has 1 fully saturated rings. The molecular weight excluding hydrogens is 258 g/mol. The summed E-state index contributed by atoms with van der Waals surface area (Å²) in [7, 11) is 0. The van der Waals surface area contributed by atoms with Crippen molar-refractivity contribution < 1.29 is 0 Å². The summed E-state index contributed by atoms with van der Waals surface area (Å²) in [6.45, 7) is 7.97. The highest BCUT2D eigenvalue weighted by Gasteiger charge is 2.26. The molecule has 0 bridgehead atoms. The van der Waals surface area contributed by atoms with Crippen molar-refractivity contribution in [3.8, 4) is 0 Å². The van der Waals surface area contributed by atoms with Gasteiger partial charge in [-0.15, -0.1) is 0 Å².